The van der Waals surface area contributed by atoms with Gasteiger partial charge >= 0.3 is 5.97 Å². The SMILES string of the molecule is COC(=O)c1ccc(Sc2cnc(Nc3ccccn3)s2)cc1C(=O)N1CCOCC1. The second kappa shape index (κ2) is 9.90. The number of aromatic nitrogens is 2. The molecule has 1 aliphatic heterocycles. The molecule has 1 aliphatic rings. The molecule has 1 amide bonds. The molecule has 1 fully saturated rings. The molecule has 8 nitrogen and oxygen atoms in total. The van der Waals surface area contributed by atoms with E-state index in [2.05, 4.69) is 15.3 Å². The Balaban J connectivity index is 1.55. The minimum atomic E-state index is -0.534. The summed E-state index contributed by atoms with van der Waals surface area (Å²) in [5, 5.41) is 3.88. The highest BCUT2D eigenvalue weighted by Gasteiger charge is 2.24. The van der Waals surface area contributed by atoms with E-state index < -0.39 is 5.97 Å². The van der Waals surface area contributed by atoms with Crippen molar-refractivity contribution >= 4 is 45.9 Å². The lowest BCUT2D eigenvalue weighted by molar-refractivity contribution is 0.0299. The highest BCUT2D eigenvalue weighted by atomic mass is 32.2. The molecule has 0 saturated carbocycles. The molecular weight excluding hydrogens is 436 g/mol. The summed E-state index contributed by atoms with van der Waals surface area (Å²) < 4.78 is 11.1. The number of carbonyl (C=O) groups excluding carboxylic acids is 2. The normalized spacial score (nSPS) is 13.6. The highest BCUT2D eigenvalue weighted by Crippen LogP contribution is 2.35. The van der Waals surface area contributed by atoms with Gasteiger partial charge in [-0.15, -0.1) is 0 Å². The third kappa shape index (κ3) is 5.22. The largest absolute Gasteiger partial charge is 0.465 e. The van der Waals surface area contributed by atoms with E-state index >= 15 is 0 Å². The molecule has 3 heterocycles. The highest BCUT2D eigenvalue weighted by molar-refractivity contribution is 8.01. The number of ether oxygens (including phenoxy) is 2. The molecule has 0 spiro atoms. The van der Waals surface area contributed by atoms with Gasteiger partial charge in [0, 0.05) is 24.2 Å². The van der Waals surface area contributed by atoms with Crippen LogP contribution in [0.25, 0.3) is 0 Å². The van der Waals surface area contributed by atoms with E-state index in [4.69, 9.17) is 9.47 Å². The maximum absolute atomic E-state index is 13.1. The van der Waals surface area contributed by atoms with Gasteiger partial charge in [-0.05, 0) is 30.3 Å². The molecule has 0 atom stereocenters. The lowest BCUT2D eigenvalue weighted by Crippen LogP contribution is -2.41. The number of carbonyl (C=O) groups is 2. The topological polar surface area (TPSA) is 93.7 Å². The molecular formula is C21H20N4O4S2. The van der Waals surface area contributed by atoms with Gasteiger partial charge in [0.15, 0.2) is 5.13 Å². The summed E-state index contributed by atoms with van der Waals surface area (Å²) in [4.78, 5) is 36.4. The quantitative estimate of drug-likeness (QED) is 0.562. The molecule has 1 N–H and O–H groups in total. The molecule has 0 radical (unpaired) electrons. The number of benzene rings is 1. The van der Waals surface area contributed by atoms with E-state index in [9.17, 15) is 9.59 Å². The van der Waals surface area contributed by atoms with E-state index in [1.165, 1.54) is 30.2 Å². The zero-order chi connectivity index (χ0) is 21.6. The summed E-state index contributed by atoms with van der Waals surface area (Å²) in [7, 11) is 1.31. The molecule has 1 aromatic carbocycles. The van der Waals surface area contributed by atoms with Gasteiger partial charge in [0.05, 0.1) is 41.9 Å². The number of pyridine rings is 1. The summed E-state index contributed by atoms with van der Waals surface area (Å²) in [6.45, 7) is 1.96. The van der Waals surface area contributed by atoms with Crippen LogP contribution >= 0.6 is 23.1 Å². The second-order valence-electron chi connectivity index (χ2n) is 6.53. The van der Waals surface area contributed by atoms with Crippen LogP contribution in [0.3, 0.4) is 0 Å². The van der Waals surface area contributed by atoms with Crippen LogP contribution in [0.2, 0.25) is 0 Å². The Morgan fingerprint density at radius 2 is 2.00 bits per heavy atom. The minimum absolute atomic E-state index is 0.201. The van der Waals surface area contributed by atoms with Crippen LogP contribution in [-0.4, -0.2) is 60.2 Å². The monoisotopic (exact) mass is 456 g/mol. The lowest BCUT2D eigenvalue weighted by atomic mass is 10.1. The number of anilines is 2. The number of nitrogens with zero attached hydrogens (tertiary/aromatic N) is 3. The Morgan fingerprint density at radius 3 is 2.74 bits per heavy atom. The number of esters is 1. The first kappa shape index (κ1) is 21.3. The number of hydrogen-bond donors (Lipinski definition) is 1. The summed E-state index contributed by atoms with van der Waals surface area (Å²) in [6, 6.07) is 10.8. The third-order valence-electron chi connectivity index (χ3n) is 4.53. The maximum atomic E-state index is 13.1. The fourth-order valence-corrected chi connectivity index (χ4v) is 4.91. The molecule has 1 saturated heterocycles. The van der Waals surface area contributed by atoms with Crippen molar-refractivity contribution in [2.45, 2.75) is 9.10 Å². The van der Waals surface area contributed by atoms with Crippen molar-refractivity contribution in [1.82, 2.24) is 14.9 Å². The summed E-state index contributed by atoms with van der Waals surface area (Å²) in [6.07, 6.45) is 3.47. The molecule has 31 heavy (non-hydrogen) atoms. The molecule has 4 rings (SSSR count). The smallest absolute Gasteiger partial charge is 0.338 e. The Labute approximate surface area is 187 Å². The molecule has 0 aliphatic carbocycles. The number of rotatable bonds is 6. The van der Waals surface area contributed by atoms with Gasteiger partial charge in [-0.25, -0.2) is 14.8 Å². The summed E-state index contributed by atoms with van der Waals surface area (Å²) >= 11 is 2.95. The first-order valence-corrected chi connectivity index (χ1v) is 11.2. The van der Waals surface area contributed by atoms with Gasteiger partial charge in [-0.1, -0.05) is 29.2 Å². The second-order valence-corrected chi connectivity index (χ2v) is 8.93. The minimum Gasteiger partial charge on any atom is -0.465 e. The number of nitrogens with one attached hydrogen (secondary N) is 1. The van der Waals surface area contributed by atoms with Crippen molar-refractivity contribution in [2.75, 3.05) is 38.7 Å². The van der Waals surface area contributed by atoms with Crippen LogP contribution in [0, 0.1) is 0 Å². The van der Waals surface area contributed by atoms with Gasteiger partial charge in [0.2, 0.25) is 0 Å². The predicted octanol–water partition coefficient (Wildman–Crippen LogP) is 3.69. The number of amides is 1. The Morgan fingerprint density at radius 1 is 1.16 bits per heavy atom. The van der Waals surface area contributed by atoms with Crippen LogP contribution < -0.4 is 5.32 Å². The summed E-state index contributed by atoms with van der Waals surface area (Å²) in [5.74, 6) is -0.0185. The third-order valence-corrected chi connectivity index (χ3v) is 6.53. The fourth-order valence-electron chi connectivity index (χ4n) is 3.02. The van der Waals surface area contributed by atoms with Crippen LogP contribution in [0.5, 0.6) is 0 Å². The van der Waals surface area contributed by atoms with Gasteiger partial charge in [0.1, 0.15) is 5.82 Å². The zero-order valence-electron chi connectivity index (χ0n) is 16.7. The lowest BCUT2D eigenvalue weighted by Gasteiger charge is -2.27. The van der Waals surface area contributed by atoms with Crippen LogP contribution in [0.4, 0.5) is 10.9 Å². The van der Waals surface area contributed by atoms with Crippen molar-refractivity contribution in [3.63, 3.8) is 0 Å². The maximum Gasteiger partial charge on any atom is 0.338 e. The summed E-state index contributed by atoms with van der Waals surface area (Å²) in [5.41, 5.74) is 0.584. The zero-order valence-corrected chi connectivity index (χ0v) is 18.4. The van der Waals surface area contributed by atoms with Gasteiger partial charge in [-0.3, -0.25) is 4.79 Å². The number of hydrogen-bond acceptors (Lipinski definition) is 9. The molecule has 0 bridgehead atoms. The van der Waals surface area contributed by atoms with Gasteiger partial charge in [-0.2, -0.15) is 0 Å². The molecule has 0 unspecified atom stereocenters. The van der Waals surface area contributed by atoms with Crippen molar-refractivity contribution in [2.24, 2.45) is 0 Å². The standard InChI is InChI=1S/C21H20N4O4S2/c1-28-20(27)15-6-5-14(12-16(15)19(26)25-8-10-29-11-9-25)30-18-13-23-21(31-18)24-17-4-2-3-7-22-17/h2-7,12-13H,8-11H2,1H3,(H,22,23,24). The Kier molecular flexibility index (Phi) is 6.80. The van der Waals surface area contributed by atoms with E-state index in [1.807, 2.05) is 18.2 Å². The van der Waals surface area contributed by atoms with E-state index in [0.717, 1.165) is 14.2 Å². The average molecular weight is 457 g/mol. The first-order valence-electron chi connectivity index (χ1n) is 9.55. The predicted molar refractivity (Wildman–Crippen MR) is 118 cm³/mol. The fraction of sp³-hybridized carbons (Fsp3) is 0.238. The number of thiazole rings is 1. The van der Waals surface area contributed by atoms with E-state index in [0.29, 0.717) is 37.7 Å². The van der Waals surface area contributed by atoms with Gasteiger partial charge in [0.25, 0.3) is 5.91 Å². The number of methoxy groups -OCH3 is 1. The van der Waals surface area contributed by atoms with Crippen molar-refractivity contribution < 1.29 is 19.1 Å². The van der Waals surface area contributed by atoms with Crippen molar-refractivity contribution in [3.05, 3.63) is 59.9 Å². The molecule has 3 aromatic rings. The number of morpholine rings is 1. The van der Waals surface area contributed by atoms with E-state index in [-0.39, 0.29) is 11.5 Å². The van der Waals surface area contributed by atoms with Crippen LogP contribution in [0.1, 0.15) is 20.7 Å². The van der Waals surface area contributed by atoms with E-state index in [1.54, 1.807) is 35.5 Å². The first-order chi connectivity index (χ1) is 15.1. The van der Waals surface area contributed by atoms with Gasteiger partial charge < -0.3 is 19.7 Å². The molecule has 2 aromatic heterocycles. The molecule has 10 heteroatoms. The van der Waals surface area contributed by atoms with Crippen LogP contribution in [0.15, 0.2) is 57.9 Å². The average Bonchev–Trinajstić information content (AvgIpc) is 3.25. The van der Waals surface area contributed by atoms with Crippen LogP contribution in [-0.2, 0) is 9.47 Å². The van der Waals surface area contributed by atoms with Crippen molar-refractivity contribution in [1.29, 1.82) is 0 Å². The Hall–Kier alpha value is -2.95. The Bertz CT molecular complexity index is 1070. The van der Waals surface area contributed by atoms with Crippen molar-refractivity contribution in [3.8, 4) is 0 Å². The molecule has 160 valence electrons.